The Balaban J connectivity index is 1.52. The molecule has 1 saturated heterocycles. The summed E-state index contributed by atoms with van der Waals surface area (Å²) in [5, 5.41) is 7.23. The highest BCUT2D eigenvalue weighted by Crippen LogP contribution is 2.22. The molecular formula is C20H21N5O5S. The molecule has 10 nitrogen and oxygen atoms in total. The summed E-state index contributed by atoms with van der Waals surface area (Å²) < 4.78 is 32.4. The van der Waals surface area contributed by atoms with Gasteiger partial charge in [0.25, 0.3) is 11.6 Å². The molecule has 11 heteroatoms. The number of nitrogens with one attached hydrogen (secondary N) is 1. The van der Waals surface area contributed by atoms with Gasteiger partial charge in [0, 0.05) is 38.7 Å². The lowest BCUT2D eigenvalue weighted by Gasteiger charge is -2.33. The zero-order valence-corrected chi connectivity index (χ0v) is 17.8. The minimum atomic E-state index is -3.78. The fraction of sp³-hybridized carbons (Fsp3) is 0.300. The number of sulfonamides is 1. The lowest BCUT2D eigenvalue weighted by Crippen LogP contribution is -2.49. The van der Waals surface area contributed by atoms with Gasteiger partial charge in [0.05, 0.1) is 27.9 Å². The summed E-state index contributed by atoms with van der Waals surface area (Å²) in [6, 6.07) is 7.56. The number of carbonyl (C=O) groups is 2. The largest absolute Gasteiger partial charge is 0.340 e. The molecule has 2 amide bonds. The predicted octanol–water partition coefficient (Wildman–Crippen LogP) is 1.64. The summed E-state index contributed by atoms with van der Waals surface area (Å²) in [6.07, 6.45) is 1.44. The van der Waals surface area contributed by atoms with Gasteiger partial charge in [0.15, 0.2) is 0 Å². The van der Waals surface area contributed by atoms with E-state index in [0.29, 0.717) is 35.6 Å². The van der Waals surface area contributed by atoms with Crippen LogP contribution in [-0.2, 0) is 14.8 Å². The monoisotopic (exact) mass is 443 g/mol. The van der Waals surface area contributed by atoms with E-state index in [4.69, 9.17) is 4.52 Å². The van der Waals surface area contributed by atoms with Crippen LogP contribution in [0.3, 0.4) is 0 Å². The van der Waals surface area contributed by atoms with Crippen LogP contribution in [0.15, 0.2) is 45.9 Å². The molecule has 1 fully saturated rings. The van der Waals surface area contributed by atoms with Crippen LogP contribution in [0.25, 0.3) is 11.1 Å². The average Bonchev–Trinajstić information content (AvgIpc) is 3.14. The van der Waals surface area contributed by atoms with Crippen LogP contribution in [0.5, 0.6) is 0 Å². The number of fused-ring (bicyclic) bond motifs is 1. The topological polar surface area (TPSA) is 126 Å². The number of hydrogen-bond acceptors (Lipinski definition) is 7. The van der Waals surface area contributed by atoms with E-state index in [2.05, 4.69) is 15.5 Å². The third kappa shape index (κ3) is 4.14. The summed E-state index contributed by atoms with van der Waals surface area (Å²) in [6.45, 7) is 4.33. The van der Waals surface area contributed by atoms with Crippen molar-refractivity contribution in [1.29, 1.82) is 0 Å². The maximum atomic E-state index is 13.0. The van der Waals surface area contributed by atoms with Crippen molar-refractivity contribution in [2.24, 2.45) is 0 Å². The minimum Gasteiger partial charge on any atom is -0.340 e. The molecule has 1 aliphatic heterocycles. The van der Waals surface area contributed by atoms with Gasteiger partial charge < -0.3 is 14.7 Å². The zero-order chi connectivity index (χ0) is 22.2. The fourth-order valence-electron chi connectivity index (χ4n) is 3.41. The lowest BCUT2D eigenvalue weighted by molar-refractivity contribution is -0.129. The lowest BCUT2D eigenvalue weighted by atomic mass is 10.2. The molecular weight excluding hydrogens is 422 g/mol. The molecule has 31 heavy (non-hydrogen) atoms. The Morgan fingerprint density at radius 2 is 1.87 bits per heavy atom. The van der Waals surface area contributed by atoms with Crippen molar-refractivity contribution in [2.75, 3.05) is 31.5 Å². The summed E-state index contributed by atoms with van der Waals surface area (Å²) in [4.78, 5) is 29.9. The first-order valence-electron chi connectivity index (χ1n) is 9.65. The van der Waals surface area contributed by atoms with Gasteiger partial charge in [-0.3, -0.25) is 9.59 Å². The van der Waals surface area contributed by atoms with Crippen LogP contribution in [0, 0.1) is 6.92 Å². The molecule has 0 bridgehead atoms. The molecule has 0 atom stereocenters. The van der Waals surface area contributed by atoms with Crippen molar-refractivity contribution in [3.63, 3.8) is 0 Å². The molecule has 3 aromatic rings. The number of rotatable bonds is 4. The van der Waals surface area contributed by atoms with Gasteiger partial charge in [-0.05, 0) is 31.2 Å². The molecule has 1 N–H and O–H groups in total. The number of amides is 2. The number of carbonyl (C=O) groups excluding carboxylic acids is 2. The molecule has 3 heterocycles. The summed E-state index contributed by atoms with van der Waals surface area (Å²) in [7, 11) is -3.78. The number of aromatic nitrogens is 2. The van der Waals surface area contributed by atoms with E-state index in [1.807, 2.05) is 0 Å². The second kappa shape index (κ2) is 8.08. The molecule has 0 radical (unpaired) electrons. The van der Waals surface area contributed by atoms with Crippen LogP contribution in [0.1, 0.15) is 23.0 Å². The SMILES string of the molecule is CC(=O)N1CCN(S(=O)(=O)c2cccc(C(=O)Nc3cnc4onc(C)c4c3)c2)CC1. The van der Waals surface area contributed by atoms with E-state index in [1.54, 1.807) is 24.0 Å². The number of benzene rings is 1. The number of aryl methyl sites for hydroxylation is 1. The normalized spacial score (nSPS) is 15.2. The Bertz CT molecular complexity index is 1260. The summed E-state index contributed by atoms with van der Waals surface area (Å²) in [5.74, 6) is -0.543. The van der Waals surface area contributed by atoms with Crippen LogP contribution in [0.2, 0.25) is 0 Å². The third-order valence-corrected chi connectivity index (χ3v) is 7.08. The second-order valence-corrected chi connectivity index (χ2v) is 9.17. The Morgan fingerprint density at radius 1 is 1.13 bits per heavy atom. The van der Waals surface area contributed by atoms with E-state index in [1.165, 1.54) is 35.6 Å². The zero-order valence-electron chi connectivity index (χ0n) is 17.0. The maximum Gasteiger partial charge on any atom is 0.258 e. The number of pyridine rings is 1. The van der Waals surface area contributed by atoms with Gasteiger partial charge in [0.2, 0.25) is 15.9 Å². The van der Waals surface area contributed by atoms with Gasteiger partial charge >= 0.3 is 0 Å². The molecule has 0 aliphatic carbocycles. The van der Waals surface area contributed by atoms with Gasteiger partial charge in [-0.1, -0.05) is 11.2 Å². The Kier molecular flexibility index (Phi) is 5.46. The van der Waals surface area contributed by atoms with Gasteiger partial charge in [-0.25, -0.2) is 13.4 Å². The highest BCUT2D eigenvalue weighted by Gasteiger charge is 2.29. The van der Waals surface area contributed by atoms with Gasteiger partial charge in [0.1, 0.15) is 0 Å². The Hall–Kier alpha value is -3.31. The molecule has 1 aliphatic rings. The van der Waals surface area contributed by atoms with Crippen LogP contribution in [-0.4, -0.2) is 65.8 Å². The first-order chi connectivity index (χ1) is 14.8. The molecule has 0 unspecified atom stereocenters. The van der Waals surface area contributed by atoms with Crippen molar-refractivity contribution >= 4 is 38.6 Å². The third-order valence-electron chi connectivity index (χ3n) is 5.19. The summed E-state index contributed by atoms with van der Waals surface area (Å²) >= 11 is 0. The van der Waals surface area contributed by atoms with Crippen molar-refractivity contribution in [1.82, 2.24) is 19.3 Å². The van der Waals surface area contributed by atoms with Crippen LogP contribution >= 0.6 is 0 Å². The van der Waals surface area contributed by atoms with Gasteiger partial charge in [-0.15, -0.1) is 0 Å². The highest BCUT2D eigenvalue weighted by atomic mass is 32.2. The smallest absolute Gasteiger partial charge is 0.258 e. The molecule has 0 spiro atoms. The van der Waals surface area contributed by atoms with E-state index in [9.17, 15) is 18.0 Å². The van der Waals surface area contributed by atoms with Crippen LogP contribution in [0.4, 0.5) is 5.69 Å². The number of piperazine rings is 1. The van der Waals surface area contributed by atoms with E-state index < -0.39 is 15.9 Å². The Labute approximate surface area is 178 Å². The van der Waals surface area contributed by atoms with Crippen molar-refractivity contribution in [3.05, 3.63) is 47.8 Å². The Morgan fingerprint density at radius 3 is 2.58 bits per heavy atom. The number of nitrogens with zero attached hydrogens (tertiary/aromatic N) is 4. The standard InChI is InChI=1S/C20H21N5O5S/c1-13-18-11-16(12-21-20(18)30-23-13)22-19(27)15-4-3-5-17(10-15)31(28,29)25-8-6-24(7-9-25)14(2)26/h3-5,10-12H,6-9H2,1-2H3,(H,22,27). The van der Waals surface area contributed by atoms with Crippen molar-refractivity contribution < 1.29 is 22.5 Å². The van der Waals surface area contributed by atoms with Crippen LogP contribution < -0.4 is 5.32 Å². The molecule has 0 saturated carbocycles. The summed E-state index contributed by atoms with van der Waals surface area (Å²) in [5.41, 5.74) is 1.66. The van der Waals surface area contributed by atoms with E-state index in [-0.39, 0.29) is 29.5 Å². The second-order valence-electron chi connectivity index (χ2n) is 7.24. The molecule has 4 rings (SSSR count). The fourth-order valence-corrected chi connectivity index (χ4v) is 4.88. The highest BCUT2D eigenvalue weighted by molar-refractivity contribution is 7.89. The first kappa shape index (κ1) is 20.9. The van der Waals surface area contributed by atoms with E-state index >= 15 is 0 Å². The molecule has 1 aromatic carbocycles. The quantitative estimate of drug-likeness (QED) is 0.650. The average molecular weight is 443 g/mol. The predicted molar refractivity (Wildman–Crippen MR) is 112 cm³/mol. The molecule has 162 valence electrons. The van der Waals surface area contributed by atoms with Gasteiger partial charge in [-0.2, -0.15) is 4.31 Å². The number of hydrogen-bond donors (Lipinski definition) is 1. The van der Waals surface area contributed by atoms with Crippen molar-refractivity contribution in [2.45, 2.75) is 18.7 Å². The maximum absolute atomic E-state index is 13.0. The minimum absolute atomic E-state index is 0.0277. The molecule has 2 aromatic heterocycles. The van der Waals surface area contributed by atoms with E-state index in [0.717, 1.165) is 0 Å². The number of anilines is 1. The first-order valence-corrected chi connectivity index (χ1v) is 11.1. The van der Waals surface area contributed by atoms with Crippen molar-refractivity contribution in [3.8, 4) is 0 Å².